The Hall–Kier alpha value is -7.76. The molecular formula is C53H56N12O7S. The minimum absolute atomic E-state index is 0.0387. The number of carbonyl (C=O) groups is 6. The maximum absolute atomic E-state index is 13.7. The molecule has 4 N–H and O–H groups in total. The van der Waals surface area contributed by atoms with Crippen molar-refractivity contribution in [1.82, 2.24) is 45.5 Å². The summed E-state index contributed by atoms with van der Waals surface area (Å²) in [6.07, 6.45) is 11.3. The molecule has 3 fully saturated rings. The van der Waals surface area contributed by atoms with Crippen LogP contribution < -0.4 is 26.2 Å². The fourth-order valence-corrected chi connectivity index (χ4v) is 10.8. The highest BCUT2D eigenvalue weighted by Crippen LogP contribution is 2.33. The van der Waals surface area contributed by atoms with Crippen LogP contribution in [0.4, 0.5) is 11.5 Å². The lowest BCUT2D eigenvalue weighted by molar-refractivity contribution is -0.138. The molecule has 0 aliphatic carbocycles. The number of rotatable bonds is 14. The van der Waals surface area contributed by atoms with E-state index in [4.69, 9.17) is 9.72 Å². The van der Waals surface area contributed by atoms with Gasteiger partial charge in [0.05, 0.1) is 51.7 Å². The molecule has 8 heterocycles. The van der Waals surface area contributed by atoms with Gasteiger partial charge in [0.1, 0.15) is 24.2 Å². The van der Waals surface area contributed by atoms with E-state index in [1.54, 1.807) is 53.5 Å². The molecule has 10 rings (SSSR count). The number of fused-ring (bicyclic) bond motifs is 2. The number of ether oxygens (including phenoxy) is 1. The van der Waals surface area contributed by atoms with Gasteiger partial charge >= 0.3 is 0 Å². The van der Waals surface area contributed by atoms with Crippen molar-refractivity contribution in [2.75, 3.05) is 49.6 Å². The van der Waals surface area contributed by atoms with Gasteiger partial charge in [-0.05, 0) is 92.5 Å². The normalized spacial score (nSPS) is 19.5. The van der Waals surface area contributed by atoms with Crippen molar-refractivity contribution in [3.05, 3.63) is 106 Å². The predicted octanol–water partition coefficient (Wildman–Crippen LogP) is 4.88. The number of hydrogen-bond acceptors (Lipinski definition) is 15. The lowest BCUT2D eigenvalue weighted by Crippen LogP contribution is -2.54. The first kappa shape index (κ1) is 48.8. The number of anilines is 2. The van der Waals surface area contributed by atoms with E-state index in [1.807, 2.05) is 46.1 Å². The summed E-state index contributed by atoms with van der Waals surface area (Å²) in [6.45, 7) is 8.02. The fraction of sp³-hybridized carbons (Fsp3) is 0.396. The number of amides is 6. The molecule has 19 nitrogen and oxygen atoms in total. The number of nitrogens with one attached hydrogen (secondary N) is 4. The van der Waals surface area contributed by atoms with Gasteiger partial charge in [-0.1, -0.05) is 37.8 Å². The van der Waals surface area contributed by atoms with Crippen molar-refractivity contribution < 1.29 is 33.5 Å². The number of carbonyl (C=O) groups excluding carboxylic acids is 6. The standard InChI is InChI=1S/C53H56N12O7S/c1-32(2)23-37(58-53-59-42(48(67)61-53)24-34-8-10-40-44(25-34)73-31-56-40)30-72-22-4-5-33-9-12-45(55-26-33)62-18-14-36(15-19-62)50(69)63-20-16-38(17-21-63)64-29-35(28-57-64)27-54-41-7-3-6-39-47(41)52(71)65(51(39)70)43-11-13-46(66)60-49(43)68/h3,6-10,12,24-26,28-29,31-32,36-38,43,54H,11,13-23,27,30H2,1-2H3,(H,60,66,68)(H2,58,59,61,67)/b42-24-/t37-,43?/m1/s1. The van der Waals surface area contributed by atoms with E-state index < -0.39 is 29.7 Å². The van der Waals surface area contributed by atoms with Gasteiger partial charge < -0.3 is 25.2 Å². The van der Waals surface area contributed by atoms with Crippen molar-refractivity contribution in [3.8, 4) is 11.8 Å². The molecule has 5 aliphatic rings. The number of benzene rings is 2. The number of pyridine rings is 1. The van der Waals surface area contributed by atoms with Gasteiger partial charge in [0.2, 0.25) is 23.7 Å². The first-order valence-electron chi connectivity index (χ1n) is 24.8. The summed E-state index contributed by atoms with van der Waals surface area (Å²) in [7, 11) is 0. The van der Waals surface area contributed by atoms with E-state index in [0.29, 0.717) is 49.5 Å². The Labute approximate surface area is 425 Å². The Balaban J connectivity index is 0.641. The second-order valence-electron chi connectivity index (χ2n) is 19.4. The number of thiazole rings is 1. The molecule has 5 aromatic rings. The lowest BCUT2D eigenvalue weighted by atomic mass is 9.93. The highest BCUT2D eigenvalue weighted by Gasteiger charge is 2.45. The molecule has 1 unspecified atom stereocenters. The Morgan fingerprint density at radius 2 is 1.78 bits per heavy atom. The maximum atomic E-state index is 13.7. The molecular weight excluding hydrogens is 949 g/mol. The Kier molecular flexibility index (Phi) is 14.4. The van der Waals surface area contributed by atoms with Gasteiger partial charge in [-0.3, -0.25) is 49.0 Å². The summed E-state index contributed by atoms with van der Waals surface area (Å²) in [6, 6.07) is 13.8. The molecule has 6 amide bonds. The topological polar surface area (TPSA) is 225 Å². The van der Waals surface area contributed by atoms with Crippen LogP contribution in [0.2, 0.25) is 0 Å². The third kappa shape index (κ3) is 11.0. The van der Waals surface area contributed by atoms with E-state index >= 15 is 0 Å². The second-order valence-corrected chi connectivity index (χ2v) is 20.3. The zero-order valence-electron chi connectivity index (χ0n) is 40.6. The largest absolute Gasteiger partial charge is 0.380 e. The molecule has 20 heteroatoms. The van der Waals surface area contributed by atoms with Gasteiger partial charge in [-0.25, -0.2) is 15.0 Å². The van der Waals surface area contributed by atoms with Gasteiger partial charge in [-0.2, -0.15) is 5.10 Å². The summed E-state index contributed by atoms with van der Waals surface area (Å²) in [5.41, 5.74) is 6.52. The predicted molar refractivity (Wildman–Crippen MR) is 274 cm³/mol. The lowest BCUT2D eigenvalue weighted by Gasteiger charge is -2.37. The molecule has 2 atom stereocenters. The molecule has 0 spiro atoms. The Bertz CT molecular complexity index is 3080. The minimum Gasteiger partial charge on any atom is -0.380 e. The summed E-state index contributed by atoms with van der Waals surface area (Å²) in [4.78, 5) is 96.2. The van der Waals surface area contributed by atoms with Crippen LogP contribution in [0.15, 0.2) is 83.3 Å². The third-order valence-corrected chi connectivity index (χ3v) is 14.6. The monoisotopic (exact) mass is 1000 g/mol. The molecule has 0 bridgehead atoms. The van der Waals surface area contributed by atoms with E-state index in [-0.39, 0.29) is 60.4 Å². The zero-order valence-corrected chi connectivity index (χ0v) is 41.5. The van der Waals surface area contributed by atoms with Crippen LogP contribution in [-0.4, -0.2) is 122 Å². The Morgan fingerprint density at radius 1 is 0.945 bits per heavy atom. The number of nitrogens with zero attached hydrogens (tertiary/aromatic N) is 8. The van der Waals surface area contributed by atoms with Crippen molar-refractivity contribution in [2.45, 2.75) is 83.5 Å². The molecule has 5 aliphatic heterocycles. The molecule has 2 aromatic carbocycles. The fourth-order valence-electron chi connectivity index (χ4n) is 10.1. The smallest absolute Gasteiger partial charge is 0.276 e. The maximum Gasteiger partial charge on any atom is 0.276 e. The second kappa shape index (κ2) is 21.5. The molecule has 73 heavy (non-hydrogen) atoms. The summed E-state index contributed by atoms with van der Waals surface area (Å²) < 4.78 is 8.96. The van der Waals surface area contributed by atoms with E-state index in [9.17, 15) is 28.8 Å². The van der Waals surface area contributed by atoms with E-state index in [1.165, 1.54) is 0 Å². The zero-order chi connectivity index (χ0) is 50.6. The average molecular weight is 1010 g/mol. The minimum atomic E-state index is -1.03. The molecule has 0 radical (unpaired) electrons. The highest BCUT2D eigenvalue weighted by molar-refractivity contribution is 7.16. The number of hydrogen-bond donors (Lipinski definition) is 4. The molecule has 3 saturated heterocycles. The van der Waals surface area contributed by atoms with Crippen LogP contribution in [-0.2, 0) is 30.5 Å². The number of aliphatic imine (C=N–C) groups is 1. The number of imide groups is 2. The Morgan fingerprint density at radius 3 is 2.56 bits per heavy atom. The van der Waals surface area contributed by atoms with E-state index in [2.05, 4.69) is 66.9 Å². The van der Waals surface area contributed by atoms with Crippen molar-refractivity contribution >= 4 is 80.5 Å². The SMILES string of the molecule is CC(C)C[C@H](COCC#Cc1ccc(N2CCC(C(=O)N3CCC(n4cc(CNc5cccc6c5C(=O)N(C5CCC(=O)NC5=O)C6=O)cn4)CC3)CC2)nc1)NC1=N/C(=C\c2ccc3ncsc3c2)C(=O)N1. The van der Waals surface area contributed by atoms with Gasteiger partial charge in [0, 0.05) is 74.3 Å². The van der Waals surface area contributed by atoms with Crippen LogP contribution in [0.3, 0.4) is 0 Å². The van der Waals surface area contributed by atoms with Gasteiger partial charge in [0.15, 0.2) is 0 Å². The first-order chi connectivity index (χ1) is 35.4. The third-order valence-electron chi connectivity index (χ3n) is 13.9. The van der Waals surface area contributed by atoms with Crippen molar-refractivity contribution in [1.29, 1.82) is 0 Å². The van der Waals surface area contributed by atoms with Crippen molar-refractivity contribution in [2.24, 2.45) is 16.8 Å². The number of likely N-dealkylation sites (tertiary alicyclic amines) is 1. The number of piperidine rings is 3. The number of guanidine groups is 1. The summed E-state index contributed by atoms with van der Waals surface area (Å²) in [5.74, 6) is 5.62. The van der Waals surface area contributed by atoms with Gasteiger partial charge in [0.25, 0.3) is 17.7 Å². The molecule has 376 valence electrons. The highest BCUT2D eigenvalue weighted by atomic mass is 32.1. The van der Waals surface area contributed by atoms with E-state index in [0.717, 1.165) is 82.8 Å². The van der Waals surface area contributed by atoms with Crippen LogP contribution in [0.5, 0.6) is 0 Å². The van der Waals surface area contributed by atoms with Crippen LogP contribution in [0.1, 0.15) is 102 Å². The molecule has 0 saturated carbocycles. The first-order valence-corrected chi connectivity index (χ1v) is 25.7. The quantitative estimate of drug-likeness (QED) is 0.0505. The van der Waals surface area contributed by atoms with Gasteiger partial charge in [-0.15, -0.1) is 11.3 Å². The van der Waals surface area contributed by atoms with Crippen molar-refractivity contribution in [3.63, 3.8) is 0 Å². The summed E-state index contributed by atoms with van der Waals surface area (Å²) >= 11 is 1.55. The van der Waals surface area contributed by atoms with Crippen LogP contribution in [0, 0.1) is 23.7 Å². The van der Waals surface area contributed by atoms with Crippen LogP contribution >= 0.6 is 11.3 Å². The number of aromatic nitrogens is 4. The van der Waals surface area contributed by atoms with Crippen LogP contribution in [0.25, 0.3) is 16.3 Å². The summed E-state index contributed by atoms with van der Waals surface area (Å²) in [5, 5.41) is 16.3. The molecule has 3 aromatic heterocycles. The average Bonchev–Trinajstić information content (AvgIpc) is 4.20.